The number of hydrogen-bond donors (Lipinski definition) is 0. The Labute approximate surface area is 175 Å². The van der Waals surface area contributed by atoms with Gasteiger partial charge in [-0.05, 0) is 37.6 Å². The Kier molecular flexibility index (Phi) is 4.88. The zero-order valence-electron chi connectivity index (χ0n) is 16.2. The lowest BCUT2D eigenvalue weighted by atomic mass is 9.94. The predicted octanol–water partition coefficient (Wildman–Crippen LogP) is 2.89. The molecule has 152 valence electrons. The molecule has 3 aromatic rings. The highest BCUT2D eigenvalue weighted by Gasteiger charge is 2.32. The van der Waals surface area contributed by atoms with Gasteiger partial charge in [0.1, 0.15) is 11.4 Å². The van der Waals surface area contributed by atoms with Gasteiger partial charge in [-0.3, -0.25) is 14.2 Å². The number of rotatable bonds is 3. The van der Waals surface area contributed by atoms with E-state index in [1.807, 2.05) is 13.8 Å². The summed E-state index contributed by atoms with van der Waals surface area (Å²) < 4.78 is 13.0. The Morgan fingerprint density at radius 3 is 2.79 bits per heavy atom. The first kappa shape index (κ1) is 19.9. The van der Waals surface area contributed by atoms with Gasteiger partial charge in [0, 0.05) is 16.3 Å². The first-order chi connectivity index (χ1) is 13.7. The number of benzene rings is 1. The summed E-state index contributed by atoms with van der Waals surface area (Å²) in [7, 11) is 1.26. The molecule has 0 unspecified atom stereocenters. The van der Waals surface area contributed by atoms with E-state index in [0.29, 0.717) is 34.0 Å². The van der Waals surface area contributed by atoms with Crippen molar-refractivity contribution in [2.45, 2.75) is 39.0 Å². The lowest BCUT2D eigenvalue weighted by Crippen LogP contribution is -2.40. The molecule has 0 fully saturated rings. The fourth-order valence-electron chi connectivity index (χ4n) is 3.53. The molecule has 0 amide bonds. The van der Waals surface area contributed by atoms with E-state index in [9.17, 15) is 14.4 Å². The van der Waals surface area contributed by atoms with Gasteiger partial charge in [0.2, 0.25) is 0 Å². The quantitative estimate of drug-likeness (QED) is 0.592. The molecule has 7 nitrogen and oxygen atoms in total. The summed E-state index contributed by atoms with van der Waals surface area (Å²) in [6.45, 7) is 3.97. The number of carbonyl (C=O) groups is 1. The largest absolute Gasteiger partial charge is 0.468 e. The van der Waals surface area contributed by atoms with Gasteiger partial charge in [-0.25, -0.2) is 9.36 Å². The summed E-state index contributed by atoms with van der Waals surface area (Å²) in [5.74, 6) is -0.576. The smallest absolute Gasteiger partial charge is 0.337 e. The van der Waals surface area contributed by atoms with Crippen molar-refractivity contribution >= 4 is 39.1 Å². The average Bonchev–Trinajstić information content (AvgIpc) is 3.02. The number of ether oxygens (including phenoxy) is 2. The number of thiophene rings is 1. The number of esters is 1. The monoisotopic (exact) mass is 434 g/mol. The molecule has 4 rings (SSSR count). The van der Waals surface area contributed by atoms with Crippen LogP contribution in [0.25, 0.3) is 15.9 Å². The highest BCUT2D eigenvalue weighted by atomic mass is 35.5. The maximum Gasteiger partial charge on any atom is 0.337 e. The summed E-state index contributed by atoms with van der Waals surface area (Å²) in [4.78, 5) is 40.1. The van der Waals surface area contributed by atoms with Crippen molar-refractivity contribution in [1.29, 1.82) is 0 Å². The molecule has 29 heavy (non-hydrogen) atoms. The van der Waals surface area contributed by atoms with Crippen LogP contribution in [0.3, 0.4) is 0 Å². The van der Waals surface area contributed by atoms with Gasteiger partial charge >= 0.3 is 11.7 Å². The number of aromatic nitrogens is 2. The summed E-state index contributed by atoms with van der Waals surface area (Å²) >= 11 is 7.39. The van der Waals surface area contributed by atoms with Gasteiger partial charge in [-0.2, -0.15) is 0 Å². The van der Waals surface area contributed by atoms with Crippen molar-refractivity contribution in [2.24, 2.45) is 0 Å². The van der Waals surface area contributed by atoms with E-state index in [1.165, 1.54) is 23.0 Å². The molecule has 1 aliphatic heterocycles. The number of methoxy groups -OCH3 is 1. The molecule has 3 heterocycles. The molecule has 0 saturated heterocycles. The minimum Gasteiger partial charge on any atom is -0.468 e. The van der Waals surface area contributed by atoms with Gasteiger partial charge in [0.15, 0.2) is 0 Å². The van der Waals surface area contributed by atoms with Crippen LogP contribution in [-0.2, 0) is 33.8 Å². The standard InChI is InChI=1S/C20H19ClN2O5S/c1-20(2)8-13-14(10-28-20)29-18-16(13)17(25)23(12-6-4-5-11(21)7-12)19(26)22(18)9-15(24)27-3/h4-7H,8-10H2,1-3H3. The predicted molar refractivity (Wildman–Crippen MR) is 111 cm³/mol. The van der Waals surface area contributed by atoms with Crippen LogP contribution >= 0.6 is 22.9 Å². The molecule has 0 spiro atoms. The van der Waals surface area contributed by atoms with E-state index in [2.05, 4.69) is 0 Å². The molecular weight excluding hydrogens is 416 g/mol. The molecule has 0 saturated carbocycles. The molecule has 0 atom stereocenters. The lowest BCUT2D eigenvalue weighted by molar-refractivity contribution is -0.141. The Bertz CT molecular complexity index is 1250. The van der Waals surface area contributed by atoms with E-state index >= 15 is 0 Å². The van der Waals surface area contributed by atoms with Crippen LogP contribution < -0.4 is 11.2 Å². The Morgan fingerprint density at radius 2 is 2.10 bits per heavy atom. The SMILES string of the molecule is COC(=O)Cn1c(=O)n(-c2cccc(Cl)c2)c(=O)c2c3c(sc21)COC(C)(C)C3. The van der Waals surface area contributed by atoms with Crippen LogP contribution in [0.15, 0.2) is 33.9 Å². The third kappa shape index (κ3) is 3.41. The summed E-state index contributed by atoms with van der Waals surface area (Å²) in [5.41, 5.74) is -0.269. The van der Waals surface area contributed by atoms with Crippen LogP contribution in [0.1, 0.15) is 24.3 Å². The maximum atomic E-state index is 13.5. The molecule has 0 N–H and O–H groups in total. The van der Waals surface area contributed by atoms with Crippen molar-refractivity contribution < 1.29 is 14.3 Å². The van der Waals surface area contributed by atoms with E-state index in [0.717, 1.165) is 15.0 Å². The fourth-order valence-corrected chi connectivity index (χ4v) is 4.93. The zero-order valence-corrected chi connectivity index (χ0v) is 17.7. The zero-order chi connectivity index (χ0) is 20.9. The molecule has 0 aliphatic carbocycles. The number of nitrogens with zero attached hydrogens (tertiary/aromatic N) is 2. The van der Waals surface area contributed by atoms with Crippen molar-refractivity contribution in [1.82, 2.24) is 9.13 Å². The first-order valence-electron chi connectivity index (χ1n) is 8.98. The van der Waals surface area contributed by atoms with E-state index in [4.69, 9.17) is 21.1 Å². The molecule has 9 heteroatoms. The molecule has 0 bridgehead atoms. The van der Waals surface area contributed by atoms with Gasteiger partial charge in [0.25, 0.3) is 5.56 Å². The number of halogens is 1. The fraction of sp³-hybridized carbons (Fsp3) is 0.350. The van der Waals surface area contributed by atoms with Crippen molar-refractivity contribution in [3.63, 3.8) is 0 Å². The van der Waals surface area contributed by atoms with Gasteiger partial charge < -0.3 is 9.47 Å². The van der Waals surface area contributed by atoms with E-state index in [-0.39, 0.29) is 6.54 Å². The van der Waals surface area contributed by atoms with Gasteiger partial charge in [-0.15, -0.1) is 11.3 Å². The third-order valence-corrected chi connectivity index (χ3v) is 6.40. The van der Waals surface area contributed by atoms with Crippen LogP contribution in [0.2, 0.25) is 5.02 Å². The van der Waals surface area contributed by atoms with Crippen LogP contribution in [-0.4, -0.2) is 27.8 Å². The van der Waals surface area contributed by atoms with Crippen molar-refractivity contribution in [2.75, 3.05) is 7.11 Å². The second kappa shape index (κ2) is 7.12. The number of hydrogen-bond acceptors (Lipinski definition) is 6. The minimum absolute atomic E-state index is 0.295. The van der Waals surface area contributed by atoms with E-state index < -0.39 is 22.8 Å². The van der Waals surface area contributed by atoms with E-state index in [1.54, 1.807) is 24.3 Å². The lowest BCUT2D eigenvalue weighted by Gasteiger charge is -2.29. The summed E-state index contributed by atoms with van der Waals surface area (Å²) in [5, 5.41) is 0.833. The Balaban J connectivity index is 2.10. The Morgan fingerprint density at radius 1 is 1.34 bits per heavy atom. The average molecular weight is 435 g/mol. The molecule has 2 aromatic heterocycles. The molecular formula is C20H19ClN2O5S. The van der Waals surface area contributed by atoms with Crippen LogP contribution in [0.4, 0.5) is 0 Å². The summed E-state index contributed by atoms with van der Waals surface area (Å²) in [6, 6.07) is 6.51. The summed E-state index contributed by atoms with van der Waals surface area (Å²) in [6.07, 6.45) is 0.531. The highest BCUT2D eigenvalue weighted by molar-refractivity contribution is 7.18. The molecule has 1 aliphatic rings. The number of carbonyl (C=O) groups excluding carboxylic acids is 1. The minimum atomic E-state index is -0.617. The van der Waals surface area contributed by atoms with Crippen LogP contribution in [0.5, 0.6) is 0 Å². The second-order valence-electron chi connectivity index (χ2n) is 7.47. The van der Waals surface area contributed by atoms with Crippen molar-refractivity contribution in [3.05, 3.63) is 60.6 Å². The van der Waals surface area contributed by atoms with Gasteiger partial charge in [0.05, 0.1) is 30.4 Å². The highest BCUT2D eigenvalue weighted by Crippen LogP contribution is 2.37. The third-order valence-electron chi connectivity index (χ3n) is 4.93. The molecule has 1 aromatic carbocycles. The maximum absolute atomic E-state index is 13.5. The van der Waals surface area contributed by atoms with Gasteiger partial charge in [-0.1, -0.05) is 17.7 Å². The first-order valence-corrected chi connectivity index (χ1v) is 10.2. The second-order valence-corrected chi connectivity index (χ2v) is 8.99. The van der Waals surface area contributed by atoms with Crippen molar-refractivity contribution in [3.8, 4) is 5.69 Å². The Hall–Kier alpha value is -2.42. The molecule has 0 radical (unpaired) electrons. The topological polar surface area (TPSA) is 79.5 Å². The normalized spacial score (nSPS) is 15.3. The van der Waals surface area contributed by atoms with Crippen LogP contribution in [0, 0.1) is 0 Å². The number of fused-ring (bicyclic) bond motifs is 3.